The fourth-order valence-corrected chi connectivity index (χ4v) is 2.13. The van der Waals surface area contributed by atoms with E-state index >= 15 is 0 Å². The smallest absolute Gasteiger partial charge is 0.198 e. The minimum absolute atomic E-state index is 0.0754. The Morgan fingerprint density at radius 1 is 1.00 bits per heavy atom. The number of rotatable bonds is 3. The molecule has 0 unspecified atom stereocenters. The number of benzene rings is 2. The molecule has 7 heteroatoms. The lowest BCUT2D eigenvalue weighted by Gasteiger charge is -2.10. The van der Waals surface area contributed by atoms with E-state index in [4.69, 9.17) is 33.7 Å². The second-order valence-electron chi connectivity index (χ2n) is 3.84. The zero-order valence-electron chi connectivity index (χ0n) is 9.79. The summed E-state index contributed by atoms with van der Waals surface area (Å²) in [7, 11) is 0. The van der Waals surface area contributed by atoms with E-state index in [-0.39, 0.29) is 26.3 Å². The molecular formula is C13H7Cl2F2NOS. The standard InChI is InChI=1S/C13H7Cl2F2NOS/c14-7-3-8(15)5-9(4-7)19-12-10(16)1-6(13(18)20)2-11(12)17/h1-5H,(H2,18,20). The third-order valence-electron chi connectivity index (χ3n) is 2.34. The van der Waals surface area contributed by atoms with Crippen LogP contribution in [0.15, 0.2) is 30.3 Å². The molecule has 2 rings (SSSR count). The van der Waals surface area contributed by atoms with Crippen molar-refractivity contribution < 1.29 is 13.5 Å². The molecule has 0 saturated carbocycles. The quantitative estimate of drug-likeness (QED) is 0.827. The molecule has 0 spiro atoms. The van der Waals surface area contributed by atoms with Crippen LogP contribution in [0.5, 0.6) is 11.5 Å². The number of hydrogen-bond donors (Lipinski definition) is 1. The van der Waals surface area contributed by atoms with Gasteiger partial charge in [-0.2, -0.15) is 0 Å². The summed E-state index contributed by atoms with van der Waals surface area (Å²) in [5.41, 5.74) is 5.39. The molecule has 0 aliphatic heterocycles. The highest BCUT2D eigenvalue weighted by Crippen LogP contribution is 2.32. The van der Waals surface area contributed by atoms with Gasteiger partial charge in [-0.1, -0.05) is 35.4 Å². The molecule has 0 atom stereocenters. The van der Waals surface area contributed by atoms with Gasteiger partial charge in [-0.05, 0) is 30.3 Å². The van der Waals surface area contributed by atoms with Gasteiger partial charge in [0.25, 0.3) is 0 Å². The molecule has 0 saturated heterocycles. The Morgan fingerprint density at radius 3 is 1.95 bits per heavy atom. The Bertz CT molecular complexity index is 651. The minimum atomic E-state index is -0.927. The van der Waals surface area contributed by atoms with Crippen LogP contribution in [0, 0.1) is 11.6 Å². The highest BCUT2D eigenvalue weighted by atomic mass is 35.5. The van der Waals surface area contributed by atoms with E-state index < -0.39 is 17.4 Å². The summed E-state index contributed by atoms with van der Waals surface area (Å²) in [5, 5.41) is 0.571. The van der Waals surface area contributed by atoms with Crippen molar-refractivity contribution in [1.82, 2.24) is 0 Å². The predicted octanol–water partition coefficient (Wildman–Crippen LogP) is 4.70. The van der Waals surface area contributed by atoms with Gasteiger partial charge in [0.2, 0.25) is 0 Å². The lowest BCUT2D eigenvalue weighted by Crippen LogP contribution is -2.10. The molecule has 20 heavy (non-hydrogen) atoms. The van der Waals surface area contributed by atoms with Crippen molar-refractivity contribution in [1.29, 1.82) is 0 Å². The molecule has 0 aromatic heterocycles. The number of ether oxygens (including phenoxy) is 1. The van der Waals surface area contributed by atoms with Crippen molar-refractivity contribution in [3.05, 3.63) is 57.6 Å². The number of halogens is 4. The molecule has 0 amide bonds. The third-order valence-corrected chi connectivity index (χ3v) is 3.01. The first-order valence-electron chi connectivity index (χ1n) is 5.29. The van der Waals surface area contributed by atoms with E-state index in [2.05, 4.69) is 12.2 Å². The van der Waals surface area contributed by atoms with E-state index in [0.29, 0.717) is 0 Å². The largest absolute Gasteiger partial charge is 0.451 e. The Labute approximate surface area is 129 Å². The van der Waals surface area contributed by atoms with Crippen LogP contribution in [0.3, 0.4) is 0 Å². The summed E-state index contributed by atoms with van der Waals surface area (Å²) in [6, 6.07) is 6.22. The van der Waals surface area contributed by atoms with Gasteiger partial charge in [0, 0.05) is 15.6 Å². The number of thiocarbonyl (C=S) groups is 1. The van der Waals surface area contributed by atoms with Crippen molar-refractivity contribution in [3.8, 4) is 11.5 Å². The fraction of sp³-hybridized carbons (Fsp3) is 0. The van der Waals surface area contributed by atoms with Gasteiger partial charge >= 0.3 is 0 Å². The maximum atomic E-state index is 13.8. The van der Waals surface area contributed by atoms with E-state index in [1.807, 2.05) is 0 Å². The van der Waals surface area contributed by atoms with Crippen LogP contribution in [0.4, 0.5) is 8.78 Å². The SMILES string of the molecule is NC(=S)c1cc(F)c(Oc2cc(Cl)cc(Cl)c2)c(F)c1. The van der Waals surface area contributed by atoms with Gasteiger partial charge in [0.05, 0.1) is 0 Å². The molecule has 2 aromatic rings. The highest BCUT2D eigenvalue weighted by Gasteiger charge is 2.15. The van der Waals surface area contributed by atoms with Crippen LogP contribution in [0.2, 0.25) is 10.0 Å². The minimum Gasteiger partial charge on any atom is -0.451 e. The first kappa shape index (κ1) is 15.0. The molecule has 0 aliphatic rings. The Hall–Kier alpha value is -1.43. The highest BCUT2D eigenvalue weighted by molar-refractivity contribution is 7.80. The van der Waals surface area contributed by atoms with Crippen molar-refractivity contribution in [2.75, 3.05) is 0 Å². The van der Waals surface area contributed by atoms with Crippen LogP contribution in [-0.2, 0) is 0 Å². The van der Waals surface area contributed by atoms with Crippen LogP contribution >= 0.6 is 35.4 Å². The van der Waals surface area contributed by atoms with Crippen LogP contribution < -0.4 is 10.5 Å². The normalized spacial score (nSPS) is 10.4. The molecule has 2 N–H and O–H groups in total. The maximum Gasteiger partial charge on any atom is 0.198 e. The molecular weight excluding hydrogens is 327 g/mol. The van der Waals surface area contributed by atoms with Crippen molar-refractivity contribution in [2.45, 2.75) is 0 Å². The number of hydrogen-bond acceptors (Lipinski definition) is 2. The third kappa shape index (κ3) is 3.36. The van der Waals surface area contributed by atoms with E-state index in [1.54, 1.807) is 0 Å². The first-order valence-corrected chi connectivity index (χ1v) is 6.46. The Kier molecular flexibility index (Phi) is 4.42. The summed E-state index contributed by atoms with van der Waals surface area (Å²) in [6.07, 6.45) is 0. The number of nitrogens with two attached hydrogens (primary N) is 1. The van der Waals surface area contributed by atoms with E-state index in [0.717, 1.165) is 12.1 Å². The molecule has 2 aromatic carbocycles. The van der Waals surface area contributed by atoms with Gasteiger partial charge in [-0.25, -0.2) is 8.78 Å². The summed E-state index contributed by atoms with van der Waals surface area (Å²) in [5.74, 6) is -2.32. The van der Waals surface area contributed by atoms with Crippen molar-refractivity contribution in [3.63, 3.8) is 0 Å². The molecule has 0 bridgehead atoms. The van der Waals surface area contributed by atoms with Crippen molar-refractivity contribution in [2.24, 2.45) is 5.73 Å². The van der Waals surface area contributed by atoms with E-state index in [9.17, 15) is 8.78 Å². The Balaban J connectivity index is 2.41. The predicted molar refractivity (Wildman–Crippen MR) is 78.8 cm³/mol. The monoisotopic (exact) mass is 333 g/mol. The second kappa shape index (κ2) is 5.91. The Morgan fingerprint density at radius 2 is 1.50 bits per heavy atom. The van der Waals surface area contributed by atoms with Crippen LogP contribution in [0.25, 0.3) is 0 Å². The summed E-state index contributed by atoms with van der Waals surface area (Å²) in [6.45, 7) is 0. The van der Waals surface area contributed by atoms with E-state index in [1.165, 1.54) is 18.2 Å². The average Bonchev–Trinajstić information content (AvgIpc) is 2.32. The van der Waals surface area contributed by atoms with Crippen LogP contribution in [-0.4, -0.2) is 4.99 Å². The molecule has 0 heterocycles. The average molecular weight is 334 g/mol. The summed E-state index contributed by atoms with van der Waals surface area (Å²) in [4.78, 5) is -0.111. The van der Waals surface area contributed by atoms with Crippen LogP contribution in [0.1, 0.15) is 5.56 Å². The lowest BCUT2D eigenvalue weighted by atomic mass is 10.2. The molecule has 2 nitrogen and oxygen atoms in total. The second-order valence-corrected chi connectivity index (χ2v) is 5.15. The zero-order valence-corrected chi connectivity index (χ0v) is 12.1. The molecule has 0 fully saturated rings. The van der Waals surface area contributed by atoms with Gasteiger partial charge in [-0.3, -0.25) is 0 Å². The lowest BCUT2D eigenvalue weighted by molar-refractivity contribution is 0.407. The van der Waals surface area contributed by atoms with Gasteiger partial charge in [0.15, 0.2) is 17.4 Å². The van der Waals surface area contributed by atoms with Crippen molar-refractivity contribution >= 4 is 40.4 Å². The topological polar surface area (TPSA) is 35.2 Å². The van der Waals surface area contributed by atoms with Gasteiger partial charge in [-0.15, -0.1) is 0 Å². The van der Waals surface area contributed by atoms with Gasteiger partial charge in [0.1, 0.15) is 10.7 Å². The fourth-order valence-electron chi connectivity index (χ4n) is 1.50. The summed E-state index contributed by atoms with van der Waals surface area (Å²) >= 11 is 16.2. The zero-order chi connectivity index (χ0) is 14.9. The van der Waals surface area contributed by atoms with Gasteiger partial charge < -0.3 is 10.5 Å². The molecule has 0 radical (unpaired) electrons. The first-order chi connectivity index (χ1) is 9.36. The molecule has 104 valence electrons. The maximum absolute atomic E-state index is 13.8. The summed E-state index contributed by atoms with van der Waals surface area (Å²) < 4.78 is 32.8. The molecule has 0 aliphatic carbocycles.